The minimum absolute atomic E-state index is 0.221. The van der Waals surface area contributed by atoms with Gasteiger partial charge in [-0.1, -0.05) is 65.7 Å². The van der Waals surface area contributed by atoms with Gasteiger partial charge in [0, 0.05) is 23.3 Å². The van der Waals surface area contributed by atoms with Crippen LogP contribution < -0.4 is 4.74 Å². The summed E-state index contributed by atoms with van der Waals surface area (Å²) in [6.45, 7) is 2.86. The molecule has 0 spiro atoms. The Morgan fingerprint density at radius 3 is 2.08 bits per heavy atom. The number of nitrogens with zero attached hydrogens (tertiary/aromatic N) is 2. The first-order chi connectivity index (χ1) is 18.9. The lowest BCUT2D eigenvalue weighted by molar-refractivity contribution is 0.0697. The fraction of sp³-hybridized carbons (Fsp3) is 0.0625. The zero-order valence-electron chi connectivity index (χ0n) is 21.0. The van der Waals surface area contributed by atoms with Gasteiger partial charge in [-0.25, -0.2) is 9.78 Å². The molecule has 0 saturated carbocycles. The minimum atomic E-state index is -0.965. The molecule has 5 nitrogen and oxygen atoms in total. The SMILES string of the molecule is CCn1cc(-c2ccc(Cl)cc2Cl)nc1/C=C/c1ccc(-c2ccc(Oc3ccc(C(=O)O)cc3)cc2)cc1. The van der Waals surface area contributed by atoms with Crippen LogP contribution in [0.15, 0.2) is 97.2 Å². The standard InChI is InChI=1S/C32H24Cl2N2O3/c1-2-36-20-30(28-17-12-25(33)19-29(28)34)35-31(36)18-5-21-3-6-22(7-4-21)23-8-13-26(14-9-23)39-27-15-10-24(11-16-27)32(37)38/h3-20H,2H2,1H3,(H,37,38)/b18-5+. The molecular weight excluding hydrogens is 531 g/mol. The lowest BCUT2D eigenvalue weighted by Gasteiger charge is -2.08. The summed E-state index contributed by atoms with van der Waals surface area (Å²) in [5, 5.41) is 10.2. The van der Waals surface area contributed by atoms with E-state index >= 15 is 0 Å². The Morgan fingerprint density at radius 2 is 1.49 bits per heavy atom. The third-order valence-corrected chi connectivity index (χ3v) is 6.76. The number of aromatic carboxylic acids is 1. The number of carboxylic acids is 1. The number of aryl methyl sites for hydroxylation is 1. The number of hydrogen-bond acceptors (Lipinski definition) is 3. The number of ether oxygens (including phenoxy) is 1. The quantitative estimate of drug-likeness (QED) is 0.207. The van der Waals surface area contributed by atoms with E-state index in [-0.39, 0.29) is 5.56 Å². The number of benzene rings is 4. The molecule has 0 saturated heterocycles. The van der Waals surface area contributed by atoms with E-state index in [4.69, 9.17) is 38.0 Å². The number of hydrogen-bond donors (Lipinski definition) is 1. The summed E-state index contributed by atoms with van der Waals surface area (Å²) in [5.74, 6) is 1.13. The number of carboxylic acid groups (broad SMARTS) is 1. The Balaban J connectivity index is 1.27. The van der Waals surface area contributed by atoms with Gasteiger partial charge >= 0.3 is 5.97 Å². The van der Waals surface area contributed by atoms with Crippen molar-refractivity contribution < 1.29 is 14.6 Å². The molecule has 0 bridgehead atoms. The van der Waals surface area contributed by atoms with Gasteiger partial charge in [-0.05, 0) is 84.3 Å². The molecular formula is C32H24Cl2N2O3. The first-order valence-corrected chi connectivity index (χ1v) is 13.1. The van der Waals surface area contributed by atoms with Crippen molar-refractivity contribution in [3.63, 3.8) is 0 Å². The maximum absolute atomic E-state index is 11.0. The normalized spacial score (nSPS) is 11.2. The second-order valence-electron chi connectivity index (χ2n) is 8.81. The van der Waals surface area contributed by atoms with Crippen molar-refractivity contribution in [2.75, 3.05) is 0 Å². The fourth-order valence-corrected chi connectivity index (χ4v) is 4.62. The topological polar surface area (TPSA) is 64.4 Å². The Morgan fingerprint density at radius 1 is 0.872 bits per heavy atom. The number of halogens is 2. The zero-order chi connectivity index (χ0) is 27.4. The first-order valence-electron chi connectivity index (χ1n) is 12.3. The van der Waals surface area contributed by atoms with Crippen LogP contribution in [0.2, 0.25) is 10.0 Å². The molecule has 0 atom stereocenters. The van der Waals surface area contributed by atoms with Crippen molar-refractivity contribution in [3.8, 4) is 33.9 Å². The Hall–Kier alpha value is -4.32. The van der Waals surface area contributed by atoms with Crippen LogP contribution in [0.4, 0.5) is 0 Å². The number of rotatable bonds is 8. The molecule has 4 aromatic carbocycles. The van der Waals surface area contributed by atoms with E-state index in [0.717, 1.165) is 40.3 Å². The van der Waals surface area contributed by atoms with E-state index < -0.39 is 5.97 Å². The first kappa shape index (κ1) is 26.3. The zero-order valence-corrected chi connectivity index (χ0v) is 22.5. The van der Waals surface area contributed by atoms with Gasteiger partial charge in [0.05, 0.1) is 16.3 Å². The van der Waals surface area contributed by atoms with Crippen molar-refractivity contribution in [1.29, 1.82) is 0 Å². The van der Waals surface area contributed by atoms with E-state index in [1.54, 1.807) is 18.2 Å². The van der Waals surface area contributed by atoms with E-state index in [9.17, 15) is 4.79 Å². The second-order valence-corrected chi connectivity index (χ2v) is 9.65. The van der Waals surface area contributed by atoms with Crippen LogP contribution in [0.1, 0.15) is 28.7 Å². The maximum Gasteiger partial charge on any atom is 0.335 e. The molecule has 5 aromatic rings. The third-order valence-electron chi connectivity index (χ3n) is 6.22. The lowest BCUT2D eigenvalue weighted by Crippen LogP contribution is -1.95. The molecule has 39 heavy (non-hydrogen) atoms. The summed E-state index contributed by atoms with van der Waals surface area (Å²) in [4.78, 5) is 15.8. The van der Waals surface area contributed by atoms with Crippen LogP contribution in [-0.2, 0) is 6.54 Å². The van der Waals surface area contributed by atoms with Crippen LogP contribution in [-0.4, -0.2) is 20.6 Å². The molecule has 1 N–H and O–H groups in total. The Bertz CT molecular complexity index is 1640. The van der Waals surface area contributed by atoms with Gasteiger partial charge in [0.1, 0.15) is 17.3 Å². The number of imidazole rings is 1. The molecule has 0 aliphatic heterocycles. The van der Waals surface area contributed by atoms with Crippen molar-refractivity contribution in [2.24, 2.45) is 0 Å². The van der Waals surface area contributed by atoms with E-state index in [2.05, 4.69) is 35.8 Å². The summed E-state index contributed by atoms with van der Waals surface area (Å²) in [7, 11) is 0. The van der Waals surface area contributed by atoms with Gasteiger partial charge in [0.15, 0.2) is 0 Å². The summed E-state index contributed by atoms with van der Waals surface area (Å²) in [5.41, 5.74) is 5.07. The minimum Gasteiger partial charge on any atom is -0.478 e. The molecule has 0 radical (unpaired) electrons. The van der Waals surface area contributed by atoms with Crippen LogP contribution in [0.5, 0.6) is 11.5 Å². The highest BCUT2D eigenvalue weighted by atomic mass is 35.5. The average Bonchev–Trinajstić information content (AvgIpc) is 3.36. The molecule has 194 valence electrons. The van der Waals surface area contributed by atoms with Gasteiger partial charge in [-0.3, -0.25) is 0 Å². The summed E-state index contributed by atoms with van der Waals surface area (Å²) in [6, 6.07) is 27.8. The van der Waals surface area contributed by atoms with E-state index in [1.807, 2.05) is 54.7 Å². The molecule has 0 amide bonds. The van der Waals surface area contributed by atoms with Crippen LogP contribution in [0.25, 0.3) is 34.5 Å². The molecule has 0 aliphatic rings. The predicted octanol–water partition coefficient (Wildman–Crippen LogP) is 9.20. The summed E-state index contributed by atoms with van der Waals surface area (Å²) in [6.07, 6.45) is 6.04. The number of aromatic nitrogens is 2. The highest BCUT2D eigenvalue weighted by Crippen LogP contribution is 2.30. The molecule has 7 heteroatoms. The number of carbonyl (C=O) groups is 1. The highest BCUT2D eigenvalue weighted by molar-refractivity contribution is 6.36. The average molecular weight is 555 g/mol. The molecule has 1 aromatic heterocycles. The van der Waals surface area contributed by atoms with Gasteiger partial charge in [0.25, 0.3) is 0 Å². The smallest absolute Gasteiger partial charge is 0.335 e. The second kappa shape index (κ2) is 11.6. The van der Waals surface area contributed by atoms with E-state index in [1.165, 1.54) is 12.1 Å². The molecule has 5 rings (SSSR count). The molecule has 0 fully saturated rings. The fourth-order valence-electron chi connectivity index (χ4n) is 4.12. The van der Waals surface area contributed by atoms with Crippen molar-refractivity contribution in [3.05, 3.63) is 124 Å². The summed E-state index contributed by atoms with van der Waals surface area (Å²) >= 11 is 12.4. The van der Waals surface area contributed by atoms with Gasteiger partial charge < -0.3 is 14.4 Å². The van der Waals surface area contributed by atoms with Gasteiger partial charge in [-0.2, -0.15) is 0 Å². The molecule has 0 unspecified atom stereocenters. The largest absolute Gasteiger partial charge is 0.478 e. The van der Waals surface area contributed by atoms with Gasteiger partial charge in [-0.15, -0.1) is 0 Å². The molecule has 1 heterocycles. The van der Waals surface area contributed by atoms with Crippen molar-refractivity contribution >= 4 is 41.3 Å². The monoisotopic (exact) mass is 554 g/mol. The molecule has 0 aliphatic carbocycles. The maximum atomic E-state index is 11.0. The van der Waals surface area contributed by atoms with Crippen LogP contribution >= 0.6 is 23.2 Å². The highest BCUT2D eigenvalue weighted by Gasteiger charge is 2.11. The van der Waals surface area contributed by atoms with Crippen molar-refractivity contribution in [2.45, 2.75) is 13.5 Å². The third kappa shape index (κ3) is 6.23. The van der Waals surface area contributed by atoms with Crippen LogP contribution in [0, 0.1) is 0 Å². The lowest BCUT2D eigenvalue weighted by atomic mass is 10.0. The van der Waals surface area contributed by atoms with Crippen LogP contribution in [0.3, 0.4) is 0 Å². The van der Waals surface area contributed by atoms with Crippen molar-refractivity contribution in [1.82, 2.24) is 9.55 Å². The predicted molar refractivity (Wildman–Crippen MR) is 158 cm³/mol. The van der Waals surface area contributed by atoms with Gasteiger partial charge in [0.2, 0.25) is 0 Å². The Labute approximate surface area is 236 Å². The Kier molecular flexibility index (Phi) is 7.82. The summed E-state index contributed by atoms with van der Waals surface area (Å²) < 4.78 is 7.91. The van der Waals surface area contributed by atoms with E-state index in [0.29, 0.717) is 21.5 Å².